The Balaban J connectivity index is 2.37. The number of morpholine rings is 1. The molecule has 2 atom stereocenters. The summed E-state index contributed by atoms with van der Waals surface area (Å²) in [4.78, 5) is 2.05. The van der Waals surface area contributed by atoms with Gasteiger partial charge in [0.15, 0.2) is 0 Å². The normalized spacial score (nSPS) is 22.2. The van der Waals surface area contributed by atoms with E-state index in [4.69, 9.17) is 10.5 Å². The zero-order valence-corrected chi connectivity index (χ0v) is 12.1. The molecule has 0 saturated carbocycles. The lowest BCUT2D eigenvalue weighted by molar-refractivity contribution is -0.139. The van der Waals surface area contributed by atoms with Crippen molar-refractivity contribution < 1.29 is 17.9 Å². The summed E-state index contributed by atoms with van der Waals surface area (Å²) in [6, 6.07) is 5.37. The first-order valence-electron chi connectivity index (χ1n) is 7.18. The van der Waals surface area contributed by atoms with Crippen molar-refractivity contribution in [1.82, 2.24) is 4.90 Å². The second kappa shape index (κ2) is 6.77. The quantitative estimate of drug-likeness (QED) is 0.929. The number of benzene rings is 1. The number of rotatable bonds is 4. The maximum atomic E-state index is 13.2. The Kier molecular flexibility index (Phi) is 5.24. The average Bonchev–Trinajstić information content (AvgIpc) is 2.48. The predicted molar refractivity (Wildman–Crippen MR) is 74.8 cm³/mol. The second-order valence-corrected chi connectivity index (χ2v) is 5.21. The summed E-state index contributed by atoms with van der Waals surface area (Å²) in [7, 11) is 0. The van der Waals surface area contributed by atoms with Crippen molar-refractivity contribution in [2.75, 3.05) is 26.3 Å². The lowest BCUT2D eigenvalue weighted by Crippen LogP contribution is -2.49. The maximum Gasteiger partial charge on any atom is 0.416 e. The molecule has 0 bridgehead atoms. The first-order valence-corrected chi connectivity index (χ1v) is 7.18. The minimum atomic E-state index is -4.36. The van der Waals surface area contributed by atoms with E-state index in [1.54, 1.807) is 6.07 Å². The van der Waals surface area contributed by atoms with Gasteiger partial charge in [0, 0.05) is 25.2 Å². The van der Waals surface area contributed by atoms with Crippen molar-refractivity contribution in [2.24, 2.45) is 5.73 Å². The third-order valence-electron chi connectivity index (χ3n) is 3.99. The van der Waals surface area contributed by atoms with Gasteiger partial charge in [-0.05, 0) is 18.1 Å². The molecule has 2 unspecified atom stereocenters. The molecule has 0 aromatic heterocycles. The molecule has 118 valence electrons. The van der Waals surface area contributed by atoms with Crippen molar-refractivity contribution in [2.45, 2.75) is 31.6 Å². The van der Waals surface area contributed by atoms with Gasteiger partial charge in [0.1, 0.15) is 0 Å². The van der Waals surface area contributed by atoms with E-state index in [1.807, 2.05) is 11.8 Å². The zero-order valence-electron chi connectivity index (χ0n) is 12.1. The van der Waals surface area contributed by atoms with E-state index in [0.717, 1.165) is 12.5 Å². The van der Waals surface area contributed by atoms with Crippen molar-refractivity contribution in [3.05, 3.63) is 35.4 Å². The second-order valence-electron chi connectivity index (χ2n) is 5.21. The Morgan fingerprint density at radius 3 is 2.71 bits per heavy atom. The van der Waals surface area contributed by atoms with E-state index >= 15 is 0 Å². The highest BCUT2D eigenvalue weighted by Crippen LogP contribution is 2.37. The molecule has 1 fully saturated rings. The minimum absolute atomic E-state index is 0.105. The van der Waals surface area contributed by atoms with Crippen LogP contribution in [-0.4, -0.2) is 37.2 Å². The fourth-order valence-electron chi connectivity index (χ4n) is 2.92. The summed E-state index contributed by atoms with van der Waals surface area (Å²) in [5, 5.41) is 0. The van der Waals surface area contributed by atoms with Crippen LogP contribution < -0.4 is 5.73 Å². The molecule has 0 aliphatic carbocycles. The van der Waals surface area contributed by atoms with Crippen LogP contribution in [0.25, 0.3) is 0 Å². The Morgan fingerprint density at radius 1 is 1.38 bits per heavy atom. The number of nitrogens with zero attached hydrogens (tertiary/aromatic N) is 1. The molecule has 1 aliphatic rings. The SMILES string of the molecule is CCC1COCCN1C(CN)c1ccccc1C(F)(F)F. The lowest BCUT2D eigenvalue weighted by atomic mass is 9.96. The molecule has 1 heterocycles. The molecular formula is C15H21F3N2O. The molecule has 2 rings (SSSR count). The number of hydrogen-bond donors (Lipinski definition) is 1. The van der Waals surface area contributed by atoms with Crippen LogP contribution in [-0.2, 0) is 10.9 Å². The summed E-state index contributed by atoms with van der Waals surface area (Å²) in [6.07, 6.45) is -3.54. The molecule has 0 spiro atoms. The van der Waals surface area contributed by atoms with Crippen LogP contribution in [0.1, 0.15) is 30.5 Å². The van der Waals surface area contributed by atoms with E-state index in [-0.39, 0.29) is 18.2 Å². The highest BCUT2D eigenvalue weighted by Gasteiger charge is 2.37. The van der Waals surface area contributed by atoms with Gasteiger partial charge in [0.25, 0.3) is 0 Å². The van der Waals surface area contributed by atoms with Gasteiger partial charge in [-0.25, -0.2) is 0 Å². The van der Waals surface area contributed by atoms with Crippen molar-refractivity contribution >= 4 is 0 Å². The summed E-state index contributed by atoms with van der Waals surface area (Å²) in [5.41, 5.74) is 5.48. The van der Waals surface area contributed by atoms with Crippen molar-refractivity contribution in [3.63, 3.8) is 0 Å². The molecule has 1 saturated heterocycles. The van der Waals surface area contributed by atoms with Gasteiger partial charge in [-0.15, -0.1) is 0 Å². The predicted octanol–water partition coefficient (Wildman–Crippen LogP) is 2.82. The Hall–Kier alpha value is -1.11. The van der Waals surface area contributed by atoms with E-state index in [0.29, 0.717) is 19.8 Å². The summed E-state index contributed by atoms with van der Waals surface area (Å²) < 4.78 is 45.0. The van der Waals surface area contributed by atoms with Crippen LogP contribution in [0.3, 0.4) is 0 Å². The molecule has 2 N–H and O–H groups in total. The molecule has 3 nitrogen and oxygen atoms in total. The van der Waals surface area contributed by atoms with Crippen LogP contribution >= 0.6 is 0 Å². The van der Waals surface area contributed by atoms with Crippen LogP contribution in [0, 0.1) is 0 Å². The van der Waals surface area contributed by atoms with Gasteiger partial charge in [-0.2, -0.15) is 13.2 Å². The third kappa shape index (κ3) is 3.56. The van der Waals surface area contributed by atoms with E-state index in [2.05, 4.69) is 0 Å². The van der Waals surface area contributed by atoms with E-state index < -0.39 is 17.8 Å². The smallest absolute Gasteiger partial charge is 0.378 e. The summed E-state index contributed by atoms with van der Waals surface area (Å²) in [5.74, 6) is 0. The van der Waals surface area contributed by atoms with Crippen LogP contribution in [0.5, 0.6) is 0 Å². The topological polar surface area (TPSA) is 38.5 Å². The molecule has 1 aliphatic heterocycles. The first kappa shape index (κ1) is 16.3. The van der Waals surface area contributed by atoms with Crippen LogP contribution in [0.4, 0.5) is 13.2 Å². The van der Waals surface area contributed by atoms with Gasteiger partial charge in [0.05, 0.1) is 18.8 Å². The molecule has 6 heteroatoms. The average molecular weight is 302 g/mol. The monoisotopic (exact) mass is 302 g/mol. The number of halogens is 3. The minimum Gasteiger partial charge on any atom is -0.378 e. The van der Waals surface area contributed by atoms with E-state index in [9.17, 15) is 13.2 Å². The molecule has 0 radical (unpaired) electrons. The van der Waals surface area contributed by atoms with Crippen molar-refractivity contribution in [3.8, 4) is 0 Å². The number of ether oxygens (including phenoxy) is 1. The fraction of sp³-hybridized carbons (Fsp3) is 0.600. The van der Waals surface area contributed by atoms with Crippen LogP contribution in [0.2, 0.25) is 0 Å². The highest BCUT2D eigenvalue weighted by atomic mass is 19.4. The Bertz CT molecular complexity index is 464. The largest absolute Gasteiger partial charge is 0.416 e. The summed E-state index contributed by atoms with van der Waals surface area (Å²) in [6.45, 7) is 3.84. The number of nitrogens with two attached hydrogens (primary N) is 1. The van der Waals surface area contributed by atoms with Gasteiger partial charge in [-0.1, -0.05) is 25.1 Å². The zero-order chi connectivity index (χ0) is 15.5. The standard InChI is InChI=1S/C15H21F3N2O/c1-2-11-10-21-8-7-20(11)14(9-19)12-5-3-4-6-13(12)15(16,17)18/h3-6,11,14H,2,7-10,19H2,1H3. The van der Waals surface area contributed by atoms with Gasteiger partial charge < -0.3 is 10.5 Å². The molecule has 1 aromatic carbocycles. The Labute approximate surface area is 122 Å². The molecule has 0 amide bonds. The Morgan fingerprint density at radius 2 is 2.10 bits per heavy atom. The van der Waals surface area contributed by atoms with Crippen LogP contribution in [0.15, 0.2) is 24.3 Å². The maximum absolute atomic E-state index is 13.2. The molecular weight excluding hydrogens is 281 g/mol. The highest BCUT2D eigenvalue weighted by molar-refractivity contribution is 5.33. The van der Waals surface area contributed by atoms with Gasteiger partial charge >= 0.3 is 6.18 Å². The lowest BCUT2D eigenvalue weighted by Gasteiger charge is -2.41. The van der Waals surface area contributed by atoms with Gasteiger partial charge in [-0.3, -0.25) is 4.90 Å². The number of hydrogen-bond acceptors (Lipinski definition) is 3. The molecule has 1 aromatic rings. The fourth-order valence-corrected chi connectivity index (χ4v) is 2.92. The van der Waals surface area contributed by atoms with Gasteiger partial charge in [0.2, 0.25) is 0 Å². The summed E-state index contributed by atoms with van der Waals surface area (Å²) >= 11 is 0. The third-order valence-corrected chi connectivity index (χ3v) is 3.99. The van der Waals surface area contributed by atoms with Crippen molar-refractivity contribution in [1.29, 1.82) is 0 Å². The molecule has 21 heavy (non-hydrogen) atoms. The van der Waals surface area contributed by atoms with E-state index in [1.165, 1.54) is 12.1 Å². The number of alkyl halides is 3. The first-order chi connectivity index (χ1) is 9.99.